The highest BCUT2D eigenvalue weighted by Crippen LogP contribution is 2.27. The normalized spacial score (nSPS) is 20.9. The Labute approximate surface area is 91.3 Å². The number of anilines is 1. The van der Waals surface area contributed by atoms with Gasteiger partial charge in [0.25, 0.3) is 0 Å². The summed E-state index contributed by atoms with van der Waals surface area (Å²) in [5.74, 6) is 0. The Morgan fingerprint density at radius 3 is 2.93 bits per heavy atom. The zero-order valence-corrected chi connectivity index (χ0v) is 9.10. The van der Waals surface area contributed by atoms with Crippen molar-refractivity contribution < 1.29 is 0 Å². The summed E-state index contributed by atoms with van der Waals surface area (Å²) in [7, 11) is 0. The second kappa shape index (κ2) is 5.12. The largest absolute Gasteiger partial charge is 0.368 e. The number of hydrogen-bond acceptors (Lipinski definition) is 3. The fourth-order valence-corrected chi connectivity index (χ4v) is 2.36. The molecule has 1 aromatic heterocycles. The van der Waals surface area contributed by atoms with Crippen LogP contribution in [0.15, 0.2) is 24.5 Å². The van der Waals surface area contributed by atoms with Gasteiger partial charge in [-0.15, -0.1) is 0 Å². The van der Waals surface area contributed by atoms with Gasteiger partial charge >= 0.3 is 0 Å². The van der Waals surface area contributed by atoms with E-state index >= 15 is 0 Å². The topological polar surface area (TPSA) is 42.1 Å². The minimum Gasteiger partial charge on any atom is -0.368 e. The predicted molar refractivity (Wildman–Crippen MR) is 62.9 cm³/mol. The first kappa shape index (κ1) is 10.4. The number of pyridine rings is 1. The van der Waals surface area contributed by atoms with Crippen molar-refractivity contribution in [3.05, 3.63) is 24.5 Å². The molecule has 0 spiro atoms. The molecular weight excluding hydrogens is 186 g/mol. The van der Waals surface area contributed by atoms with E-state index in [4.69, 9.17) is 5.73 Å². The minimum atomic E-state index is 0.691. The first-order valence-electron chi connectivity index (χ1n) is 5.78. The molecule has 82 valence electrons. The maximum absolute atomic E-state index is 5.56. The van der Waals surface area contributed by atoms with Gasteiger partial charge in [-0.2, -0.15) is 0 Å². The Hall–Kier alpha value is -1.09. The molecule has 1 aliphatic heterocycles. The van der Waals surface area contributed by atoms with Crippen LogP contribution >= 0.6 is 0 Å². The van der Waals surface area contributed by atoms with Crippen LogP contribution < -0.4 is 10.6 Å². The van der Waals surface area contributed by atoms with E-state index in [0.29, 0.717) is 6.04 Å². The second-order valence-electron chi connectivity index (χ2n) is 4.13. The van der Waals surface area contributed by atoms with Crippen LogP contribution in [0.25, 0.3) is 0 Å². The van der Waals surface area contributed by atoms with Crippen LogP contribution in [-0.2, 0) is 0 Å². The third-order valence-corrected chi connectivity index (χ3v) is 3.11. The van der Waals surface area contributed by atoms with Gasteiger partial charge in [0.15, 0.2) is 0 Å². The van der Waals surface area contributed by atoms with Gasteiger partial charge in [0.1, 0.15) is 0 Å². The minimum absolute atomic E-state index is 0.691. The van der Waals surface area contributed by atoms with Crippen molar-refractivity contribution in [2.75, 3.05) is 18.0 Å². The van der Waals surface area contributed by atoms with E-state index in [-0.39, 0.29) is 0 Å². The Morgan fingerprint density at radius 2 is 2.20 bits per heavy atom. The van der Waals surface area contributed by atoms with Crippen LogP contribution in [0.5, 0.6) is 0 Å². The zero-order chi connectivity index (χ0) is 10.5. The second-order valence-corrected chi connectivity index (χ2v) is 4.13. The molecule has 1 unspecified atom stereocenters. The van der Waals surface area contributed by atoms with Crippen LogP contribution in [0, 0.1) is 0 Å². The summed E-state index contributed by atoms with van der Waals surface area (Å²) < 4.78 is 0. The van der Waals surface area contributed by atoms with Crippen LogP contribution in [0.2, 0.25) is 0 Å². The van der Waals surface area contributed by atoms with Gasteiger partial charge in [-0.25, -0.2) is 0 Å². The Bertz CT molecular complexity index is 286. The van der Waals surface area contributed by atoms with Crippen LogP contribution in [0.1, 0.15) is 25.7 Å². The standard InChI is InChI=1S/C12H19N3/c13-7-1-3-11-4-2-10-15(11)12-5-8-14-9-6-12/h5-6,8-9,11H,1-4,7,10,13H2. The zero-order valence-electron chi connectivity index (χ0n) is 9.10. The molecule has 1 aromatic rings. The fourth-order valence-electron chi connectivity index (χ4n) is 2.36. The number of nitrogens with two attached hydrogens (primary N) is 1. The third kappa shape index (κ3) is 2.48. The number of rotatable bonds is 4. The summed E-state index contributed by atoms with van der Waals surface area (Å²) in [6, 6.07) is 4.89. The van der Waals surface area contributed by atoms with Crippen LogP contribution in [-0.4, -0.2) is 24.1 Å². The lowest BCUT2D eigenvalue weighted by Gasteiger charge is -2.26. The van der Waals surface area contributed by atoms with Gasteiger partial charge in [-0.05, 0) is 44.4 Å². The molecule has 15 heavy (non-hydrogen) atoms. The molecular formula is C12H19N3. The van der Waals surface area contributed by atoms with E-state index in [1.54, 1.807) is 0 Å². The lowest BCUT2D eigenvalue weighted by atomic mass is 10.1. The summed E-state index contributed by atoms with van der Waals surface area (Å²) in [6.45, 7) is 1.99. The highest BCUT2D eigenvalue weighted by atomic mass is 15.2. The summed E-state index contributed by atoms with van der Waals surface area (Å²) in [5, 5.41) is 0. The molecule has 1 saturated heterocycles. The molecule has 0 radical (unpaired) electrons. The summed E-state index contributed by atoms with van der Waals surface area (Å²) in [6.07, 6.45) is 8.70. The quantitative estimate of drug-likeness (QED) is 0.815. The van der Waals surface area contributed by atoms with Crippen molar-refractivity contribution in [1.82, 2.24) is 4.98 Å². The van der Waals surface area contributed by atoms with E-state index in [9.17, 15) is 0 Å². The average Bonchev–Trinajstić information content (AvgIpc) is 2.75. The molecule has 2 heterocycles. The van der Waals surface area contributed by atoms with Crippen molar-refractivity contribution in [2.45, 2.75) is 31.7 Å². The van der Waals surface area contributed by atoms with Crippen molar-refractivity contribution in [2.24, 2.45) is 5.73 Å². The first-order chi connectivity index (χ1) is 7.42. The van der Waals surface area contributed by atoms with Crippen molar-refractivity contribution >= 4 is 5.69 Å². The van der Waals surface area contributed by atoms with Crippen molar-refractivity contribution in [3.8, 4) is 0 Å². The summed E-state index contributed by atoms with van der Waals surface area (Å²) in [4.78, 5) is 6.55. The first-order valence-corrected chi connectivity index (χ1v) is 5.78. The van der Waals surface area contributed by atoms with Crippen molar-refractivity contribution in [1.29, 1.82) is 0 Å². The molecule has 3 nitrogen and oxygen atoms in total. The molecule has 0 amide bonds. The molecule has 2 rings (SSSR count). The summed E-state index contributed by atoms with van der Waals surface area (Å²) >= 11 is 0. The molecule has 0 bridgehead atoms. The average molecular weight is 205 g/mol. The van der Waals surface area contributed by atoms with Crippen LogP contribution in [0.3, 0.4) is 0 Å². The molecule has 1 atom stereocenters. The SMILES string of the molecule is NCCCC1CCCN1c1ccncc1. The maximum atomic E-state index is 5.56. The molecule has 3 heteroatoms. The van der Waals surface area contributed by atoms with Gasteiger partial charge in [-0.3, -0.25) is 4.98 Å². The Morgan fingerprint density at radius 1 is 1.40 bits per heavy atom. The van der Waals surface area contributed by atoms with E-state index in [2.05, 4.69) is 22.0 Å². The predicted octanol–water partition coefficient (Wildman–Crippen LogP) is 1.79. The van der Waals surface area contributed by atoms with Gasteiger partial charge < -0.3 is 10.6 Å². The summed E-state index contributed by atoms with van der Waals surface area (Å²) in [5.41, 5.74) is 6.87. The molecule has 0 aliphatic carbocycles. The van der Waals surface area contributed by atoms with E-state index in [0.717, 1.165) is 13.0 Å². The highest BCUT2D eigenvalue weighted by molar-refractivity contribution is 5.46. The molecule has 1 aliphatic rings. The van der Waals surface area contributed by atoms with Crippen LogP contribution in [0.4, 0.5) is 5.69 Å². The highest BCUT2D eigenvalue weighted by Gasteiger charge is 2.23. The van der Waals surface area contributed by atoms with Gasteiger partial charge in [-0.1, -0.05) is 0 Å². The fraction of sp³-hybridized carbons (Fsp3) is 0.583. The smallest absolute Gasteiger partial charge is 0.0399 e. The molecule has 0 saturated carbocycles. The van der Waals surface area contributed by atoms with Gasteiger partial charge in [0, 0.05) is 30.7 Å². The molecule has 1 fully saturated rings. The molecule has 2 N–H and O–H groups in total. The lowest BCUT2D eigenvalue weighted by molar-refractivity contribution is 0.585. The lowest BCUT2D eigenvalue weighted by Crippen LogP contribution is -2.29. The van der Waals surface area contributed by atoms with Gasteiger partial charge in [0.2, 0.25) is 0 Å². The number of nitrogens with zero attached hydrogens (tertiary/aromatic N) is 2. The number of hydrogen-bond donors (Lipinski definition) is 1. The monoisotopic (exact) mass is 205 g/mol. The maximum Gasteiger partial charge on any atom is 0.0399 e. The number of aromatic nitrogens is 1. The van der Waals surface area contributed by atoms with Crippen molar-refractivity contribution in [3.63, 3.8) is 0 Å². The van der Waals surface area contributed by atoms with Gasteiger partial charge in [0.05, 0.1) is 0 Å². The van der Waals surface area contributed by atoms with E-state index in [1.807, 2.05) is 12.4 Å². The van der Waals surface area contributed by atoms with E-state index in [1.165, 1.54) is 31.5 Å². The Balaban J connectivity index is 2.01. The third-order valence-electron chi connectivity index (χ3n) is 3.11. The van der Waals surface area contributed by atoms with E-state index < -0.39 is 0 Å². The Kier molecular flexibility index (Phi) is 3.56. The molecule has 0 aromatic carbocycles.